The van der Waals surface area contributed by atoms with E-state index in [9.17, 15) is 19.8 Å². The van der Waals surface area contributed by atoms with Gasteiger partial charge in [0.25, 0.3) is 0 Å². The van der Waals surface area contributed by atoms with E-state index in [2.05, 4.69) is 5.32 Å². The molecule has 50 heavy (non-hydrogen) atoms. The normalized spacial score (nSPS) is 17.3. The van der Waals surface area contributed by atoms with Crippen LogP contribution in [-0.2, 0) is 0 Å². The first-order valence-electron chi connectivity index (χ1n) is 15.2. The van der Waals surface area contributed by atoms with Gasteiger partial charge in [-0.15, -0.1) is 0 Å². The van der Waals surface area contributed by atoms with E-state index in [1.54, 1.807) is 49.6 Å². The number of methoxy groups -OCH3 is 2. The predicted molar refractivity (Wildman–Crippen MR) is 184 cm³/mol. The number of ketones is 1. The fourth-order valence-corrected chi connectivity index (χ4v) is 6.41. The Morgan fingerprint density at radius 3 is 2.44 bits per heavy atom. The summed E-state index contributed by atoms with van der Waals surface area (Å²) in [7, 11) is 3.07. The van der Waals surface area contributed by atoms with Gasteiger partial charge in [-0.25, -0.2) is 0 Å². The summed E-state index contributed by atoms with van der Waals surface area (Å²) in [5, 5.41) is 25.6. The van der Waals surface area contributed by atoms with Gasteiger partial charge in [-0.3, -0.25) is 4.79 Å². The van der Waals surface area contributed by atoms with Crippen LogP contribution in [0.15, 0.2) is 60.7 Å². The first kappa shape index (κ1) is 37.2. The summed E-state index contributed by atoms with van der Waals surface area (Å²) >= 11 is 12.2. The molecular weight excluding hydrogens is 696 g/mol. The zero-order valence-corrected chi connectivity index (χ0v) is 31.7. The fraction of sp³-hybridized carbons (Fsp3) is 0.243. The molecule has 254 valence electrons. The van der Waals surface area contributed by atoms with Gasteiger partial charge in [0.15, 0.2) is 17.3 Å². The molecule has 0 fully saturated rings. The monoisotopic (exact) mass is 727 g/mol. The fourth-order valence-electron chi connectivity index (χ4n) is 5.95. The van der Waals surface area contributed by atoms with E-state index in [0.717, 1.165) is 5.56 Å². The van der Waals surface area contributed by atoms with Crippen molar-refractivity contribution in [3.05, 3.63) is 98.5 Å². The predicted octanol–water partition coefficient (Wildman–Crippen LogP) is 4.13. The molecule has 3 aliphatic rings. The van der Waals surface area contributed by atoms with Crippen molar-refractivity contribution in [2.75, 3.05) is 26.1 Å². The van der Waals surface area contributed by atoms with Crippen LogP contribution in [-0.4, -0.2) is 49.4 Å². The number of carboxylic acids is 1. The van der Waals surface area contributed by atoms with Crippen molar-refractivity contribution in [1.29, 1.82) is 0 Å². The molecule has 3 aliphatic heterocycles. The number of aromatic carboxylic acids is 1. The van der Waals surface area contributed by atoms with Gasteiger partial charge in [-0.1, -0.05) is 47.5 Å². The summed E-state index contributed by atoms with van der Waals surface area (Å²) in [4.78, 5) is 24.6. The number of nitrogens with one attached hydrogen (secondary N) is 1. The Kier molecular flexibility index (Phi) is 10.9. The number of aromatic hydroxyl groups is 1. The number of halogens is 2. The van der Waals surface area contributed by atoms with Crippen LogP contribution in [0.1, 0.15) is 57.2 Å². The molecule has 7 rings (SSSR count). The molecule has 0 saturated carbocycles. The standard InChI is InChI=1S/C23H22O7.C14H11Cl2NO2.Na/c1-23(2)6-5-11-15(30-23)8-13(24)20-21(25)19-12-7-16(26-3)17(27-4)9-14(12)28-10-18(19)29-22(11)20;1-8-6-7-10(15)13(12(8)16)17-11-5-3-2-4-9(11)14(18)19;/h5-9,18-19,24H,10H2,1-4H3;2-7,17H,1H3,(H,18,19);/q;;+1/p-1. The van der Waals surface area contributed by atoms with Gasteiger partial charge in [-0.05, 0) is 56.7 Å². The van der Waals surface area contributed by atoms with Crippen LogP contribution in [0, 0.1) is 6.92 Å². The van der Waals surface area contributed by atoms with E-state index in [1.165, 1.54) is 19.2 Å². The number of phenols is 1. The van der Waals surface area contributed by atoms with Gasteiger partial charge in [0, 0.05) is 28.9 Å². The summed E-state index contributed by atoms with van der Waals surface area (Å²) in [6.45, 7) is 5.87. The maximum Gasteiger partial charge on any atom is 1.00 e. The van der Waals surface area contributed by atoms with Crippen LogP contribution in [0.2, 0.25) is 10.0 Å². The molecule has 10 nitrogen and oxygen atoms in total. The number of benzene rings is 4. The quantitative estimate of drug-likeness (QED) is 0.289. The summed E-state index contributed by atoms with van der Waals surface area (Å²) in [6.07, 6.45) is 3.23. The van der Waals surface area contributed by atoms with Gasteiger partial charge in [-0.2, -0.15) is 0 Å². The van der Waals surface area contributed by atoms with Gasteiger partial charge in [0.1, 0.15) is 46.9 Å². The van der Waals surface area contributed by atoms with E-state index in [0.29, 0.717) is 61.3 Å². The number of carbonyl (C=O) groups excluding carboxylic acids is 2. The van der Waals surface area contributed by atoms with Crippen molar-refractivity contribution >= 4 is 52.4 Å². The molecule has 0 spiro atoms. The number of carbonyl (C=O) groups is 2. The van der Waals surface area contributed by atoms with Crippen molar-refractivity contribution in [2.24, 2.45) is 0 Å². The maximum absolute atomic E-state index is 13.6. The summed E-state index contributed by atoms with van der Waals surface area (Å²) in [6, 6.07) is 14.8. The number of fused-ring (bicyclic) bond motifs is 6. The van der Waals surface area contributed by atoms with Crippen LogP contribution in [0.25, 0.3) is 6.08 Å². The van der Waals surface area contributed by atoms with E-state index < -0.39 is 23.6 Å². The number of anilines is 2. The first-order valence-corrected chi connectivity index (χ1v) is 16.0. The van der Waals surface area contributed by atoms with Crippen molar-refractivity contribution in [2.45, 2.75) is 38.4 Å². The van der Waals surface area contributed by atoms with Gasteiger partial charge < -0.3 is 44.0 Å². The summed E-state index contributed by atoms with van der Waals surface area (Å²) in [5.41, 5.74) is 2.70. The van der Waals surface area contributed by atoms with Crippen LogP contribution < -0.4 is 63.7 Å². The minimum atomic E-state index is -1.26. The Morgan fingerprint density at radius 1 is 1.04 bits per heavy atom. The zero-order valence-electron chi connectivity index (χ0n) is 28.2. The molecule has 13 heteroatoms. The van der Waals surface area contributed by atoms with E-state index >= 15 is 0 Å². The topological polar surface area (TPSA) is 136 Å². The van der Waals surface area contributed by atoms with Crippen molar-refractivity contribution < 1.29 is 73.0 Å². The largest absolute Gasteiger partial charge is 1.00 e. The van der Waals surface area contributed by atoms with Gasteiger partial charge in [0.05, 0.1) is 47.4 Å². The Hall–Kier alpha value is -4.06. The molecule has 0 amide bonds. The smallest absolute Gasteiger partial charge is 0.545 e. The molecule has 2 N–H and O–H groups in total. The minimum absolute atomic E-state index is 0. The minimum Gasteiger partial charge on any atom is -0.545 e. The van der Waals surface area contributed by atoms with Crippen LogP contribution >= 0.6 is 23.2 Å². The van der Waals surface area contributed by atoms with Crippen LogP contribution in [0.4, 0.5) is 11.4 Å². The molecule has 2 unspecified atom stereocenters. The number of phenolic OH excluding ortho intramolecular Hbond substituents is 1. The molecule has 4 aromatic rings. The third-order valence-electron chi connectivity index (χ3n) is 8.40. The average molecular weight is 729 g/mol. The molecule has 0 aromatic heterocycles. The number of hydrogen-bond donors (Lipinski definition) is 2. The number of para-hydroxylation sites is 1. The second-order valence-electron chi connectivity index (χ2n) is 12.1. The first-order chi connectivity index (χ1) is 23.3. The number of aryl methyl sites for hydroxylation is 1. The third-order valence-corrected chi connectivity index (χ3v) is 9.20. The Bertz CT molecular complexity index is 2030. The molecule has 0 bridgehead atoms. The van der Waals surface area contributed by atoms with Crippen molar-refractivity contribution in [1.82, 2.24) is 0 Å². The van der Waals surface area contributed by atoms with Gasteiger partial charge >= 0.3 is 29.6 Å². The Morgan fingerprint density at radius 2 is 1.74 bits per heavy atom. The van der Waals surface area contributed by atoms with E-state index in [1.807, 2.05) is 32.9 Å². The maximum atomic E-state index is 13.6. The second-order valence-corrected chi connectivity index (χ2v) is 12.9. The number of hydrogen-bond acceptors (Lipinski definition) is 10. The SMILES string of the molecule is COc1cc2c(cc1OC)C1C(=O)c3c(O)cc4c(c3OC1CO2)C=CC(C)(C)O4.Cc1ccc(Cl)c(Nc2ccccc2C(=O)[O-])c1Cl.[Na+]. The molecule has 4 aromatic carbocycles. The number of ether oxygens (including phenoxy) is 5. The molecule has 2 atom stereocenters. The summed E-state index contributed by atoms with van der Waals surface area (Å²) < 4.78 is 28.8. The third kappa shape index (κ3) is 6.95. The molecule has 0 saturated heterocycles. The van der Waals surface area contributed by atoms with Crippen LogP contribution in [0.3, 0.4) is 0 Å². The van der Waals surface area contributed by atoms with Crippen LogP contribution in [0.5, 0.6) is 34.5 Å². The zero-order chi connectivity index (χ0) is 35.2. The molecular formula is C37H32Cl2NNaO9. The summed E-state index contributed by atoms with van der Waals surface area (Å²) in [5.74, 6) is 0.0792. The van der Waals surface area contributed by atoms with Crippen molar-refractivity contribution in [3.8, 4) is 34.5 Å². The van der Waals surface area contributed by atoms with Crippen molar-refractivity contribution in [3.63, 3.8) is 0 Å². The second kappa shape index (κ2) is 14.7. The number of carboxylic acid groups (broad SMARTS) is 1. The molecule has 3 heterocycles. The Balaban J connectivity index is 0.000000211. The number of rotatable bonds is 5. The number of Topliss-reactive ketones (excluding diaryl/α,β-unsaturated/α-hetero) is 1. The van der Waals surface area contributed by atoms with E-state index in [4.69, 9.17) is 46.9 Å². The Labute approximate surface area is 321 Å². The van der Waals surface area contributed by atoms with Gasteiger partial charge in [0.2, 0.25) is 0 Å². The molecule has 0 aliphatic carbocycles. The average Bonchev–Trinajstić information content (AvgIpc) is 3.07. The molecule has 0 radical (unpaired) electrons. The van der Waals surface area contributed by atoms with E-state index in [-0.39, 0.29) is 58.8 Å².